The van der Waals surface area contributed by atoms with E-state index in [1.165, 1.54) is 0 Å². The maximum Gasteiger partial charge on any atom is 1.00 e. The molecule has 0 atom stereocenters. The monoisotopic (exact) mass is 588 g/mol. The molecule has 10 heteroatoms. The minimum Gasteiger partial charge on any atom is -0.447 e. The van der Waals surface area contributed by atoms with Crippen molar-refractivity contribution in [2.75, 3.05) is 30.8 Å². The molecule has 2 aromatic rings. The third kappa shape index (κ3) is 11.7. The molecule has 0 bridgehead atoms. The molecular formula is C31H47KN7O2-. The van der Waals surface area contributed by atoms with Crippen LogP contribution in [0.15, 0.2) is 30.1 Å². The van der Waals surface area contributed by atoms with Gasteiger partial charge in [-0.05, 0) is 52.6 Å². The summed E-state index contributed by atoms with van der Waals surface area (Å²) in [6.07, 6.45) is 13.5. The smallest absolute Gasteiger partial charge is 0.447 e. The van der Waals surface area contributed by atoms with Crippen LogP contribution in [0.1, 0.15) is 83.7 Å². The molecule has 9 nitrogen and oxygen atoms in total. The van der Waals surface area contributed by atoms with Gasteiger partial charge < -0.3 is 25.8 Å². The van der Waals surface area contributed by atoms with Crippen LogP contribution in [0.3, 0.4) is 0 Å². The first-order valence-corrected chi connectivity index (χ1v) is 14.2. The quantitative estimate of drug-likeness (QED) is 0.113. The van der Waals surface area contributed by atoms with Gasteiger partial charge in [0.15, 0.2) is 0 Å². The van der Waals surface area contributed by atoms with Gasteiger partial charge in [0.1, 0.15) is 5.91 Å². The first-order valence-electron chi connectivity index (χ1n) is 14.2. The van der Waals surface area contributed by atoms with Crippen molar-refractivity contribution in [2.24, 2.45) is 0 Å². The van der Waals surface area contributed by atoms with Gasteiger partial charge in [-0.1, -0.05) is 51.1 Å². The molecule has 1 aliphatic rings. The first-order chi connectivity index (χ1) is 19.1. The van der Waals surface area contributed by atoms with Gasteiger partial charge in [-0.15, -0.1) is 17.2 Å². The minimum atomic E-state index is -0.355. The molecule has 3 heterocycles. The molecule has 1 fully saturated rings. The first kappa shape index (κ1) is 37.1. The predicted molar refractivity (Wildman–Crippen MR) is 165 cm³/mol. The van der Waals surface area contributed by atoms with Crippen LogP contribution in [0.4, 0.5) is 11.4 Å². The number of aromatic amines is 1. The topological polar surface area (TPSA) is 114 Å². The van der Waals surface area contributed by atoms with Crippen LogP contribution in [0, 0.1) is 20.0 Å². The van der Waals surface area contributed by atoms with Crippen molar-refractivity contribution >= 4 is 34.8 Å². The van der Waals surface area contributed by atoms with E-state index in [1.54, 1.807) is 25.3 Å². The Morgan fingerprint density at radius 1 is 1.24 bits per heavy atom. The summed E-state index contributed by atoms with van der Waals surface area (Å²) in [6, 6.07) is 3.67. The summed E-state index contributed by atoms with van der Waals surface area (Å²) >= 11 is 0. The van der Waals surface area contributed by atoms with Crippen molar-refractivity contribution in [3.8, 4) is 0 Å². The number of hydrogen-bond donors (Lipinski definition) is 5. The number of pyridine rings is 1. The second kappa shape index (κ2) is 18.6. The van der Waals surface area contributed by atoms with Crippen LogP contribution < -0.4 is 72.9 Å². The molecule has 0 aromatic carbocycles. The van der Waals surface area contributed by atoms with Gasteiger partial charge in [0.25, 0.3) is 0 Å². The summed E-state index contributed by atoms with van der Waals surface area (Å²) in [5.41, 5.74) is 10.7. The number of hydrazine groups is 1. The Balaban J connectivity index is 0.00000274. The molecule has 5 N–H and O–H groups in total. The third-order valence-electron chi connectivity index (χ3n) is 6.83. The Kier molecular flexibility index (Phi) is 16.8. The maximum atomic E-state index is 12.9. The number of anilines is 2. The van der Waals surface area contributed by atoms with E-state index < -0.39 is 0 Å². The van der Waals surface area contributed by atoms with Crippen LogP contribution in [-0.2, 0) is 9.59 Å². The molecule has 1 saturated heterocycles. The number of allylic oxidation sites excluding steroid dienone is 1. The zero-order chi connectivity index (χ0) is 29.7. The summed E-state index contributed by atoms with van der Waals surface area (Å²) in [5.74, 6) is -0.455. The van der Waals surface area contributed by atoms with Gasteiger partial charge in [0.05, 0.1) is 29.8 Å². The zero-order valence-corrected chi connectivity index (χ0v) is 29.4. The second-order valence-corrected chi connectivity index (χ2v) is 10.3. The Labute approximate surface area is 289 Å². The van der Waals surface area contributed by atoms with Gasteiger partial charge >= 0.3 is 51.4 Å². The fourth-order valence-electron chi connectivity index (χ4n) is 4.44. The molecule has 0 unspecified atom stereocenters. The van der Waals surface area contributed by atoms with E-state index in [2.05, 4.69) is 70.2 Å². The molecule has 0 saturated carbocycles. The van der Waals surface area contributed by atoms with Crippen molar-refractivity contribution < 1.29 is 61.0 Å². The van der Waals surface area contributed by atoms with Crippen molar-refractivity contribution in [3.05, 3.63) is 60.2 Å². The van der Waals surface area contributed by atoms with E-state index in [9.17, 15) is 9.59 Å². The number of amides is 2. The van der Waals surface area contributed by atoms with Crippen LogP contribution in [0.2, 0.25) is 0 Å². The van der Waals surface area contributed by atoms with Crippen molar-refractivity contribution in [2.45, 2.75) is 79.2 Å². The van der Waals surface area contributed by atoms with E-state index in [0.717, 1.165) is 55.5 Å². The molecule has 0 radical (unpaired) electrons. The molecule has 220 valence electrons. The van der Waals surface area contributed by atoms with Gasteiger partial charge in [-0.25, -0.2) is 5.43 Å². The molecule has 41 heavy (non-hydrogen) atoms. The van der Waals surface area contributed by atoms with Crippen LogP contribution in [0.5, 0.6) is 0 Å². The number of hydrogen-bond acceptors (Lipinski definition) is 6. The second-order valence-electron chi connectivity index (χ2n) is 10.3. The number of nitrogens with zero attached hydrogens (tertiary/aromatic N) is 2. The van der Waals surface area contributed by atoms with Crippen LogP contribution in [-0.4, -0.2) is 52.4 Å². The Bertz CT molecular complexity index is 1190. The van der Waals surface area contributed by atoms with Crippen molar-refractivity contribution in [1.82, 2.24) is 25.7 Å². The van der Waals surface area contributed by atoms with E-state index in [-0.39, 0.29) is 74.3 Å². The summed E-state index contributed by atoms with van der Waals surface area (Å²) < 4.78 is 0. The molecule has 0 aliphatic carbocycles. The van der Waals surface area contributed by atoms with E-state index in [1.807, 2.05) is 33.2 Å². The van der Waals surface area contributed by atoms with Gasteiger partial charge in [0, 0.05) is 18.8 Å². The SMILES string of the molecule is CC.[CH2-]/C(=C\c1[c-][nH]c(/C(=C/NNC)CCCC)c1)C(=O)Nc1cc(NC(=O)CN2CCCC2(C)C)cnc1C.[K+]. The number of nitrogens with one attached hydrogen (secondary N) is 5. The largest absolute Gasteiger partial charge is 1.00 e. The third-order valence-corrected chi connectivity index (χ3v) is 6.83. The Hall–Kier alpha value is -1.92. The summed E-state index contributed by atoms with van der Waals surface area (Å²) in [5, 5.41) is 5.78. The number of aromatic nitrogens is 2. The number of unbranched alkanes of at least 4 members (excludes halogenated alkanes) is 1. The Morgan fingerprint density at radius 2 is 1.98 bits per heavy atom. The molecule has 2 amide bonds. The summed E-state index contributed by atoms with van der Waals surface area (Å²) in [7, 11) is 1.81. The standard InChI is InChI=1S/C29H41N7O2.C2H6.K/c1-7-8-10-23(17-33-30-6)26-14-22(16-32-26)13-20(2)28(38)35-25-15-24(18-31-21(25)3)34-27(37)19-36-12-9-11-29(36,4)5;1-2;/h13-15,17-18,30,32-33H,2,7-12,19H2,1,3-6H3,(H,34,37)(H,35,38);1-2H3;/q-2;;+1/b20-13+,23-17+;;. The molecular weight excluding hydrogens is 541 g/mol. The van der Waals surface area contributed by atoms with E-state index in [4.69, 9.17) is 0 Å². The molecule has 0 spiro atoms. The number of likely N-dealkylation sites (tertiary alicyclic amines) is 1. The normalized spacial score (nSPS) is 14.9. The average molecular weight is 589 g/mol. The molecule has 2 aromatic heterocycles. The van der Waals surface area contributed by atoms with Gasteiger partial charge in [0.2, 0.25) is 5.91 Å². The maximum absolute atomic E-state index is 12.9. The average Bonchev–Trinajstić information content (AvgIpc) is 3.52. The molecule has 3 rings (SSSR count). The van der Waals surface area contributed by atoms with E-state index in [0.29, 0.717) is 23.6 Å². The predicted octanol–water partition coefficient (Wildman–Crippen LogP) is 2.47. The number of rotatable bonds is 12. The number of carbonyl (C=O) groups excluding carboxylic acids is 2. The number of H-pyrrole nitrogens is 1. The zero-order valence-electron chi connectivity index (χ0n) is 26.3. The fourth-order valence-corrected chi connectivity index (χ4v) is 4.44. The molecule has 1 aliphatic heterocycles. The Morgan fingerprint density at radius 3 is 2.61 bits per heavy atom. The van der Waals surface area contributed by atoms with Gasteiger partial charge in [-0.2, -0.15) is 13.0 Å². The number of carbonyl (C=O) groups is 2. The van der Waals surface area contributed by atoms with Crippen molar-refractivity contribution in [1.29, 1.82) is 0 Å². The van der Waals surface area contributed by atoms with Crippen LogP contribution in [0.25, 0.3) is 11.6 Å². The van der Waals surface area contributed by atoms with Crippen LogP contribution >= 0.6 is 0 Å². The minimum absolute atomic E-state index is 0. The van der Waals surface area contributed by atoms with Crippen molar-refractivity contribution in [3.63, 3.8) is 0 Å². The fraction of sp³-hybridized carbons (Fsp3) is 0.484. The summed E-state index contributed by atoms with van der Waals surface area (Å²) in [4.78, 5) is 35.3. The number of aryl methyl sites for hydroxylation is 1. The van der Waals surface area contributed by atoms with Gasteiger partial charge in [-0.3, -0.25) is 14.7 Å². The van der Waals surface area contributed by atoms with E-state index >= 15 is 0 Å². The summed E-state index contributed by atoms with van der Waals surface area (Å²) in [6.45, 7) is 17.4.